The molecule has 140 valence electrons. The maximum absolute atomic E-state index is 12.6. The fourth-order valence-corrected chi connectivity index (χ4v) is 3.09. The van der Waals surface area contributed by atoms with E-state index in [-0.39, 0.29) is 11.3 Å². The topological polar surface area (TPSA) is 102 Å². The van der Waals surface area contributed by atoms with Crippen molar-refractivity contribution in [1.29, 1.82) is 0 Å². The number of hydrogen-bond acceptors (Lipinski definition) is 4. The Morgan fingerprint density at radius 2 is 2.04 bits per heavy atom. The molecule has 0 aliphatic heterocycles. The minimum absolute atomic E-state index is 0.0242. The molecule has 1 aromatic carbocycles. The first kappa shape index (κ1) is 18.7. The molecule has 0 saturated heterocycles. The van der Waals surface area contributed by atoms with E-state index in [4.69, 9.17) is 11.6 Å². The molecule has 2 aromatic heterocycles. The second-order valence-electron chi connectivity index (χ2n) is 6.12. The summed E-state index contributed by atoms with van der Waals surface area (Å²) in [5, 5.41) is 21.0. The first-order chi connectivity index (χ1) is 12.8. The van der Waals surface area contributed by atoms with E-state index in [1.54, 1.807) is 17.7 Å². The number of carbonyl (C=O) groups is 2. The zero-order valence-corrected chi connectivity index (χ0v) is 15.8. The molecular formula is C18H18ClN5O3. The number of amides is 1. The van der Waals surface area contributed by atoms with Crippen LogP contribution in [0.2, 0.25) is 5.02 Å². The third kappa shape index (κ3) is 3.70. The van der Waals surface area contributed by atoms with E-state index in [2.05, 4.69) is 15.5 Å². The zero-order chi connectivity index (χ0) is 19.7. The lowest BCUT2D eigenvalue weighted by atomic mass is 10.2. The zero-order valence-electron chi connectivity index (χ0n) is 15.0. The van der Waals surface area contributed by atoms with Crippen molar-refractivity contribution in [3.8, 4) is 0 Å². The normalized spacial score (nSPS) is 10.8. The number of rotatable bonds is 5. The van der Waals surface area contributed by atoms with Crippen molar-refractivity contribution >= 4 is 29.2 Å². The van der Waals surface area contributed by atoms with E-state index < -0.39 is 11.9 Å². The summed E-state index contributed by atoms with van der Waals surface area (Å²) in [5.74, 6) is -1.76. The van der Waals surface area contributed by atoms with Crippen molar-refractivity contribution in [2.75, 3.05) is 5.32 Å². The molecule has 0 spiro atoms. The molecule has 8 nitrogen and oxygen atoms in total. The van der Waals surface area contributed by atoms with E-state index in [1.807, 2.05) is 25.1 Å². The summed E-state index contributed by atoms with van der Waals surface area (Å²) in [6.07, 6.45) is 1.15. The summed E-state index contributed by atoms with van der Waals surface area (Å²) in [6.45, 7) is 4.11. The number of anilines is 1. The van der Waals surface area contributed by atoms with E-state index in [9.17, 15) is 14.7 Å². The third-order valence-electron chi connectivity index (χ3n) is 4.23. The molecule has 1 amide bonds. The molecule has 0 radical (unpaired) electrons. The SMILES string of the molecule is Cc1nn(Cc2cccc(Cl)c2)c(C)c1NC(=O)c1c(C(=O)O)cnn1C. The highest BCUT2D eigenvalue weighted by Crippen LogP contribution is 2.22. The monoisotopic (exact) mass is 387 g/mol. The number of nitrogens with one attached hydrogen (secondary N) is 1. The van der Waals surface area contributed by atoms with Crippen molar-refractivity contribution in [2.45, 2.75) is 20.4 Å². The molecule has 0 fully saturated rings. The molecule has 0 saturated carbocycles. The minimum Gasteiger partial charge on any atom is -0.478 e. The van der Waals surface area contributed by atoms with E-state index in [0.29, 0.717) is 22.9 Å². The minimum atomic E-state index is -1.21. The van der Waals surface area contributed by atoms with Crippen LogP contribution in [-0.2, 0) is 13.6 Å². The quantitative estimate of drug-likeness (QED) is 0.700. The second kappa shape index (κ2) is 7.24. The van der Waals surface area contributed by atoms with Gasteiger partial charge in [0.2, 0.25) is 0 Å². The summed E-state index contributed by atoms with van der Waals surface area (Å²) >= 11 is 6.03. The number of aromatic carboxylic acids is 1. The standard InChI is InChI=1S/C18H18ClN5O3/c1-10-15(21-17(25)16-14(18(26)27)8-20-23(16)3)11(2)24(22-10)9-12-5-4-6-13(19)7-12/h4-8H,9H2,1-3H3,(H,21,25)(H,26,27). The van der Waals surface area contributed by atoms with Crippen LogP contribution in [0.4, 0.5) is 5.69 Å². The lowest BCUT2D eigenvalue weighted by molar-refractivity contribution is 0.0692. The van der Waals surface area contributed by atoms with Crippen LogP contribution in [0, 0.1) is 13.8 Å². The van der Waals surface area contributed by atoms with Crippen LogP contribution in [0.3, 0.4) is 0 Å². The first-order valence-electron chi connectivity index (χ1n) is 8.13. The molecule has 3 rings (SSSR count). The van der Waals surface area contributed by atoms with Gasteiger partial charge >= 0.3 is 5.97 Å². The van der Waals surface area contributed by atoms with Gasteiger partial charge in [0.05, 0.1) is 29.8 Å². The average Bonchev–Trinajstić information content (AvgIpc) is 3.10. The van der Waals surface area contributed by atoms with Gasteiger partial charge < -0.3 is 10.4 Å². The number of carboxylic acid groups (broad SMARTS) is 1. The van der Waals surface area contributed by atoms with Gasteiger partial charge in [-0.1, -0.05) is 23.7 Å². The van der Waals surface area contributed by atoms with Crippen molar-refractivity contribution < 1.29 is 14.7 Å². The van der Waals surface area contributed by atoms with Crippen molar-refractivity contribution in [1.82, 2.24) is 19.6 Å². The Bertz CT molecular complexity index is 1040. The maximum atomic E-state index is 12.6. The molecule has 3 aromatic rings. The summed E-state index contributed by atoms with van der Waals surface area (Å²) in [6, 6.07) is 7.45. The number of hydrogen-bond donors (Lipinski definition) is 2. The lowest BCUT2D eigenvalue weighted by Gasteiger charge is -2.08. The van der Waals surface area contributed by atoms with Crippen molar-refractivity contribution in [3.63, 3.8) is 0 Å². The highest BCUT2D eigenvalue weighted by Gasteiger charge is 2.23. The van der Waals surface area contributed by atoms with E-state index in [1.165, 1.54) is 11.7 Å². The van der Waals surface area contributed by atoms with Crippen molar-refractivity contribution in [2.24, 2.45) is 7.05 Å². The Kier molecular flexibility index (Phi) is 5.00. The number of carboxylic acids is 1. The molecule has 2 heterocycles. The van der Waals surface area contributed by atoms with Crippen molar-refractivity contribution in [3.05, 3.63) is 63.7 Å². The van der Waals surface area contributed by atoms with Crippen LogP contribution in [-0.4, -0.2) is 36.5 Å². The molecule has 0 aliphatic carbocycles. The Morgan fingerprint density at radius 3 is 2.70 bits per heavy atom. The van der Waals surface area contributed by atoms with Gasteiger partial charge in [0.1, 0.15) is 11.3 Å². The molecule has 0 atom stereocenters. The van der Waals surface area contributed by atoms with Gasteiger partial charge in [-0.15, -0.1) is 0 Å². The summed E-state index contributed by atoms with van der Waals surface area (Å²) in [4.78, 5) is 23.9. The molecule has 0 bridgehead atoms. The van der Waals surface area contributed by atoms with Gasteiger partial charge in [-0.25, -0.2) is 4.79 Å². The van der Waals surface area contributed by atoms with Crippen LogP contribution >= 0.6 is 11.6 Å². The molecule has 9 heteroatoms. The fraction of sp³-hybridized carbons (Fsp3) is 0.222. The van der Waals surface area contributed by atoms with Gasteiger partial charge in [-0.3, -0.25) is 14.2 Å². The maximum Gasteiger partial charge on any atom is 0.339 e. The Hall–Kier alpha value is -3.13. The average molecular weight is 388 g/mol. The predicted molar refractivity (Wildman–Crippen MR) is 100 cm³/mol. The number of benzene rings is 1. The lowest BCUT2D eigenvalue weighted by Crippen LogP contribution is -2.20. The molecule has 27 heavy (non-hydrogen) atoms. The number of carbonyl (C=O) groups excluding carboxylic acids is 1. The Labute approximate surface area is 160 Å². The fourth-order valence-electron chi connectivity index (χ4n) is 2.88. The number of nitrogens with zero attached hydrogens (tertiary/aromatic N) is 4. The van der Waals surface area contributed by atoms with Gasteiger partial charge in [0.15, 0.2) is 0 Å². The molecule has 0 unspecified atom stereocenters. The van der Waals surface area contributed by atoms with Gasteiger partial charge in [0.25, 0.3) is 5.91 Å². The largest absolute Gasteiger partial charge is 0.478 e. The van der Waals surface area contributed by atoms with Crippen LogP contribution in [0.15, 0.2) is 30.5 Å². The smallest absolute Gasteiger partial charge is 0.339 e. The first-order valence-corrected chi connectivity index (χ1v) is 8.50. The van der Waals surface area contributed by atoms with Crippen LogP contribution in [0.5, 0.6) is 0 Å². The van der Waals surface area contributed by atoms with Gasteiger partial charge in [0, 0.05) is 12.1 Å². The molecule has 0 aliphatic rings. The summed E-state index contributed by atoms with van der Waals surface area (Å²) in [7, 11) is 1.52. The Balaban J connectivity index is 1.88. The Morgan fingerprint density at radius 1 is 1.30 bits per heavy atom. The van der Waals surface area contributed by atoms with Gasteiger partial charge in [-0.05, 0) is 31.5 Å². The highest BCUT2D eigenvalue weighted by molar-refractivity contribution is 6.30. The molecular weight excluding hydrogens is 370 g/mol. The second-order valence-corrected chi connectivity index (χ2v) is 6.56. The van der Waals surface area contributed by atoms with Crippen LogP contribution < -0.4 is 5.32 Å². The third-order valence-corrected chi connectivity index (χ3v) is 4.46. The summed E-state index contributed by atoms with van der Waals surface area (Å²) < 4.78 is 3.00. The summed E-state index contributed by atoms with van der Waals surface area (Å²) in [5.41, 5.74) is 2.72. The van der Waals surface area contributed by atoms with E-state index >= 15 is 0 Å². The molecule has 2 N–H and O–H groups in total. The number of aryl methyl sites for hydroxylation is 2. The predicted octanol–water partition coefficient (Wildman–Crippen LogP) is 2.89. The van der Waals surface area contributed by atoms with Crippen LogP contribution in [0.1, 0.15) is 37.8 Å². The van der Waals surface area contributed by atoms with Gasteiger partial charge in [-0.2, -0.15) is 10.2 Å². The number of aromatic nitrogens is 4. The van der Waals surface area contributed by atoms with Crippen LogP contribution in [0.25, 0.3) is 0 Å². The number of halogens is 1. The highest BCUT2D eigenvalue weighted by atomic mass is 35.5. The van der Waals surface area contributed by atoms with E-state index in [0.717, 1.165) is 17.5 Å².